The molecule has 0 aliphatic carbocycles. The summed E-state index contributed by atoms with van der Waals surface area (Å²) >= 11 is 0. The first-order valence-corrected chi connectivity index (χ1v) is 11.6. The second kappa shape index (κ2) is 9.30. The molecular weight excluding hydrogens is 451 g/mol. The standard InChI is InChI=1S/C22H23FN4O5S/c1-26-10-9-24-20(26)12-27-19(13-28)22(32-14-21(27)29)15-5-7-17(8-6-15)25-33(30,31)18-4-2-3-16(23)11-18/h2-11,19,22,25,28H,12-14H2,1H3. The number of amides is 1. The van der Waals surface area contributed by atoms with E-state index in [-0.39, 0.29) is 36.2 Å². The van der Waals surface area contributed by atoms with Crippen molar-refractivity contribution in [1.29, 1.82) is 0 Å². The number of ether oxygens (including phenoxy) is 1. The third kappa shape index (κ3) is 4.90. The minimum atomic E-state index is -3.96. The van der Waals surface area contributed by atoms with Gasteiger partial charge in [0, 0.05) is 25.1 Å². The number of imidazole rings is 1. The van der Waals surface area contributed by atoms with Gasteiger partial charge in [-0.1, -0.05) is 18.2 Å². The molecule has 2 aromatic carbocycles. The van der Waals surface area contributed by atoms with Gasteiger partial charge in [0.1, 0.15) is 24.4 Å². The monoisotopic (exact) mass is 474 g/mol. The Bertz CT molecular complexity index is 1250. The van der Waals surface area contributed by atoms with E-state index in [0.717, 1.165) is 12.1 Å². The van der Waals surface area contributed by atoms with Crippen molar-refractivity contribution in [3.05, 3.63) is 78.1 Å². The van der Waals surface area contributed by atoms with Crippen LogP contribution in [0.1, 0.15) is 17.5 Å². The third-order valence-electron chi connectivity index (χ3n) is 5.47. The zero-order valence-corrected chi connectivity index (χ0v) is 18.6. The smallest absolute Gasteiger partial charge is 0.261 e. The Morgan fingerprint density at radius 2 is 2.00 bits per heavy atom. The molecule has 9 nitrogen and oxygen atoms in total. The Hall–Kier alpha value is -3.28. The number of aromatic nitrogens is 2. The first-order valence-electron chi connectivity index (χ1n) is 10.1. The summed E-state index contributed by atoms with van der Waals surface area (Å²) < 4.78 is 48.4. The molecule has 0 spiro atoms. The van der Waals surface area contributed by atoms with Crippen LogP contribution in [-0.4, -0.2) is 53.1 Å². The largest absolute Gasteiger partial charge is 0.394 e. The maximum absolute atomic E-state index is 13.4. The van der Waals surface area contributed by atoms with Crippen LogP contribution < -0.4 is 4.72 Å². The average Bonchev–Trinajstić information content (AvgIpc) is 3.20. The van der Waals surface area contributed by atoms with E-state index in [1.54, 1.807) is 41.2 Å². The van der Waals surface area contributed by atoms with Crippen molar-refractivity contribution < 1.29 is 27.4 Å². The lowest BCUT2D eigenvalue weighted by atomic mass is 9.99. The highest BCUT2D eigenvalue weighted by atomic mass is 32.2. The molecule has 1 aliphatic rings. The fourth-order valence-electron chi connectivity index (χ4n) is 3.71. The van der Waals surface area contributed by atoms with Gasteiger partial charge in [-0.25, -0.2) is 17.8 Å². The topological polar surface area (TPSA) is 114 Å². The number of aliphatic hydroxyl groups excluding tert-OH is 1. The van der Waals surface area contributed by atoms with Crippen LogP contribution in [0.2, 0.25) is 0 Å². The van der Waals surface area contributed by atoms with Gasteiger partial charge in [0.25, 0.3) is 10.0 Å². The van der Waals surface area contributed by atoms with Gasteiger partial charge in [0.15, 0.2) is 0 Å². The van der Waals surface area contributed by atoms with Gasteiger partial charge in [0.05, 0.1) is 24.1 Å². The van der Waals surface area contributed by atoms with Crippen LogP contribution in [0.4, 0.5) is 10.1 Å². The van der Waals surface area contributed by atoms with Crippen molar-refractivity contribution in [2.45, 2.75) is 23.6 Å². The molecule has 33 heavy (non-hydrogen) atoms. The minimum absolute atomic E-state index is 0.153. The highest BCUT2D eigenvalue weighted by Gasteiger charge is 2.37. The summed E-state index contributed by atoms with van der Waals surface area (Å²) in [7, 11) is -2.14. The van der Waals surface area contributed by atoms with Crippen LogP contribution in [0, 0.1) is 5.82 Å². The van der Waals surface area contributed by atoms with E-state index in [1.165, 1.54) is 17.0 Å². The number of carbonyl (C=O) groups excluding carboxylic acids is 1. The summed E-state index contributed by atoms with van der Waals surface area (Å²) in [5, 5.41) is 10.0. The predicted octanol–water partition coefficient (Wildman–Crippen LogP) is 1.82. The zero-order valence-electron chi connectivity index (χ0n) is 17.8. The van der Waals surface area contributed by atoms with Crippen molar-refractivity contribution in [3.8, 4) is 0 Å². The highest BCUT2D eigenvalue weighted by Crippen LogP contribution is 2.31. The van der Waals surface area contributed by atoms with E-state index < -0.39 is 28.0 Å². The summed E-state index contributed by atoms with van der Waals surface area (Å²) in [4.78, 5) is 18.1. The molecule has 1 aliphatic heterocycles. The van der Waals surface area contributed by atoms with E-state index in [9.17, 15) is 22.7 Å². The second-order valence-electron chi connectivity index (χ2n) is 7.64. The molecule has 1 aromatic heterocycles. The number of hydrogen-bond acceptors (Lipinski definition) is 6. The third-order valence-corrected chi connectivity index (χ3v) is 6.85. The lowest BCUT2D eigenvalue weighted by molar-refractivity contribution is -0.162. The molecule has 2 unspecified atom stereocenters. The van der Waals surface area contributed by atoms with Gasteiger partial charge in [-0.15, -0.1) is 0 Å². The van der Waals surface area contributed by atoms with Gasteiger partial charge in [-0.2, -0.15) is 0 Å². The molecule has 2 atom stereocenters. The van der Waals surface area contributed by atoms with Gasteiger partial charge in [-0.05, 0) is 35.9 Å². The number of rotatable bonds is 7. The Morgan fingerprint density at radius 3 is 2.64 bits per heavy atom. The molecule has 11 heteroatoms. The van der Waals surface area contributed by atoms with Gasteiger partial charge >= 0.3 is 0 Å². The lowest BCUT2D eigenvalue weighted by Crippen LogP contribution is -2.52. The number of anilines is 1. The van der Waals surface area contributed by atoms with Crippen LogP contribution in [0.3, 0.4) is 0 Å². The summed E-state index contributed by atoms with van der Waals surface area (Å²) in [5.41, 5.74) is 0.945. The number of aryl methyl sites for hydroxylation is 1. The van der Waals surface area contributed by atoms with Crippen LogP contribution in [0.5, 0.6) is 0 Å². The molecule has 0 radical (unpaired) electrons. The number of aliphatic hydroxyl groups is 1. The molecule has 174 valence electrons. The van der Waals surface area contributed by atoms with Gasteiger partial charge in [0.2, 0.25) is 5.91 Å². The van der Waals surface area contributed by atoms with E-state index >= 15 is 0 Å². The number of nitrogens with zero attached hydrogens (tertiary/aromatic N) is 3. The molecule has 2 N–H and O–H groups in total. The fraction of sp³-hybridized carbons (Fsp3) is 0.273. The molecule has 1 fully saturated rings. The first kappa shape index (κ1) is 22.9. The van der Waals surface area contributed by atoms with Crippen molar-refractivity contribution >= 4 is 21.6 Å². The van der Waals surface area contributed by atoms with Crippen LogP contribution in [0.15, 0.2) is 65.8 Å². The Kier molecular flexibility index (Phi) is 6.45. The number of hydrogen-bond donors (Lipinski definition) is 2. The van der Waals surface area contributed by atoms with Crippen LogP contribution in [-0.2, 0) is 33.1 Å². The van der Waals surface area contributed by atoms with Gasteiger partial charge < -0.3 is 19.3 Å². The molecule has 1 amide bonds. The van der Waals surface area contributed by atoms with Crippen LogP contribution >= 0.6 is 0 Å². The minimum Gasteiger partial charge on any atom is -0.394 e. The maximum atomic E-state index is 13.4. The highest BCUT2D eigenvalue weighted by molar-refractivity contribution is 7.92. The normalized spacial score (nSPS) is 19.0. The molecule has 1 saturated heterocycles. The van der Waals surface area contributed by atoms with Crippen molar-refractivity contribution in [3.63, 3.8) is 0 Å². The number of nitrogens with one attached hydrogen (secondary N) is 1. The van der Waals surface area contributed by atoms with Crippen molar-refractivity contribution in [1.82, 2.24) is 14.5 Å². The molecule has 4 rings (SSSR count). The quantitative estimate of drug-likeness (QED) is 0.540. The Labute approximate surface area is 190 Å². The van der Waals surface area contributed by atoms with E-state index in [0.29, 0.717) is 11.4 Å². The summed E-state index contributed by atoms with van der Waals surface area (Å²) in [6.45, 7) is -0.257. The predicted molar refractivity (Wildman–Crippen MR) is 117 cm³/mol. The fourth-order valence-corrected chi connectivity index (χ4v) is 4.80. The Balaban J connectivity index is 1.52. The summed E-state index contributed by atoms with van der Waals surface area (Å²) in [6.07, 6.45) is 2.80. The average molecular weight is 475 g/mol. The van der Waals surface area contributed by atoms with E-state index in [2.05, 4.69) is 9.71 Å². The van der Waals surface area contributed by atoms with Crippen molar-refractivity contribution in [2.75, 3.05) is 17.9 Å². The SMILES string of the molecule is Cn1ccnc1CN1C(=O)COC(c2ccc(NS(=O)(=O)c3cccc(F)c3)cc2)C1CO. The second-order valence-corrected chi connectivity index (χ2v) is 9.32. The molecule has 0 saturated carbocycles. The summed E-state index contributed by atoms with van der Waals surface area (Å²) in [6, 6.07) is 10.5. The number of benzene rings is 2. The van der Waals surface area contributed by atoms with Gasteiger partial charge in [-0.3, -0.25) is 9.52 Å². The molecule has 3 aromatic rings. The van der Waals surface area contributed by atoms with Crippen molar-refractivity contribution in [2.24, 2.45) is 7.05 Å². The molecule has 2 heterocycles. The Morgan fingerprint density at radius 1 is 1.24 bits per heavy atom. The number of morpholine rings is 1. The maximum Gasteiger partial charge on any atom is 0.261 e. The number of halogens is 1. The number of carbonyl (C=O) groups is 1. The summed E-state index contributed by atoms with van der Waals surface area (Å²) in [5.74, 6) is -0.236. The van der Waals surface area contributed by atoms with Crippen LogP contribution in [0.25, 0.3) is 0 Å². The zero-order chi connectivity index (χ0) is 23.6. The number of sulfonamides is 1. The molecule has 0 bridgehead atoms. The van der Waals surface area contributed by atoms with E-state index in [4.69, 9.17) is 4.74 Å². The first-order chi connectivity index (χ1) is 15.8. The molecular formula is C22H23FN4O5S. The lowest BCUT2D eigenvalue weighted by Gasteiger charge is -2.40. The van der Waals surface area contributed by atoms with E-state index in [1.807, 2.05) is 7.05 Å².